The van der Waals surface area contributed by atoms with Gasteiger partial charge in [-0.25, -0.2) is 4.98 Å². The maximum atomic E-state index is 5.94. The van der Waals surface area contributed by atoms with Crippen LogP contribution in [0.1, 0.15) is 17.3 Å². The van der Waals surface area contributed by atoms with Crippen LogP contribution < -0.4 is 0 Å². The number of nitrogens with zero attached hydrogens (tertiary/aromatic N) is 4. The number of rotatable bonds is 6. The van der Waals surface area contributed by atoms with Crippen LogP contribution in [-0.4, -0.2) is 32.6 Å². The molecule has 130 valence electrons. The number of fused-ring (bicyclic) bond motifs is 1. The maximum absolute atomic E-state index is 5.94. The minimum Gasteiger partial charge on any atom is -0.468 e. The van der Waals surface area contributed by atoms with E-state index in [0.717, 1.165) is 43.5 Å². The van der Waals surface area contributed by atoms with Crippen LogP contribution in [0.4, 0.5) is 0 Å². The van der Waals surface area contributed by atoms with E-state index in [2.05, 4.69) is 25.6 Å². The van der Waals surface area contributed by atoms with E-state index < -0.39 is 0 Å². The van der Waals surface area contributed by atoms with E-state index in [0.29, 0.717) is 19.1 Å². The number of hydrogen-bond acceptors (Lipinski definition) is 5. The zero-order chi connectivity index (χ0) is 16.9. The number of pyridine rings is 1. The molecule has 0 saturated carbocycles. The molecule has 0 radical (unpaired) electrons. The Morgan fingerprint density at radius 3 is 2.96 bits per heavy atom. The lowest BCUT2D eigenvalue weighted by atomic mass is 10.1. The van der Waals surface area contributed by atoms with E-state index in [-0.39, 0.29) is 0 Å². The van der Waals surface area contributed by atoms with Crippen molar-refractivity contribution in [2.75, 3.05) is 13.2 Å². The summed E-state index contributed by atoms with van der Waals surface area (Å²) < 4.78 is 13.7. The highest BCUT2D eigenvalue weighted by Crippen LogP contribution is 2.18. The molecule has 3 aromatic rings. The lowest BCUT2D eigenvalue weighted by molar-refractivity contribution is 0.0638. The summed E-state index contributed by atoms with van der Waals surface area (Å²) >= 11 is 0. The minimum absolute atomic E-state index is 0.397. The average Bonchev–Trinajstić information content (AvgIpc) is 3.25. The van der Waals surface area contributed by atoms with Crippen molar-refractivity contribution < 1.29 is 9.15 Å². The van der Waals surface area contributed by atoms with Crippen molar-refractivity contribution in [3.63, 3.8) is 0 Å². The predicted molar refractivity (Wildman–Crippen MR) is 92.4 cm³/mol. The van der Waals surface area contributed by atoms with E-state index in [4.69, 9.17) is 9.15 Å². The monoisotopic (exact) mass is 338 g/mol. The van der Waals surface area contributed by atoms with Crippen molar-refractivity contribution >= 4 is 0 Å². The smallest absolute Gasteiger partial charge is 0.122 e. The van der Waals surface area contributed by atoms with Gasteiger partial charge in [0.25, 0.3) is 0 Å². The lowest BCUT2D eigenvalue weighted by Gasteiger charge is -2.22. The van der Waals surface area contributed by atoms with Gasteiger partial charge in [0.2, 0.25) is 0 Å². The zero-order valence-corrected chi connectivity index (χ0v) is 14.1. The van der Waals surface area contributed by atoms with Crippen LogP contribution in [0.2, 0.25) is 0 Å². The largest absolute Gasteiger partial charge is 0.468 e. The molecule has 4 rings (SSSR count). The first kappa shape index (κ1) is 16.1. The number of imidazole rings is 1. The van der Waals surface area contributed by atoms with Crippen molar-refractivity contribution in [3.8, 4) is 0 Å². The van der Waals surface area contributed by atoms with Gasteiger partial charge in [0.15, 0.2) is 0 Å². The van der Waals surface area contributed by atoms with Gasteiger partial charge in [-0.2, -0.15) is 0 Å². The van der Waals surface area contributed by atoms with Crippen molar-refractivity contribution in [2.45, 2.75) is 26.2 Å². The third kappa shape index (κ3) is 4.15. The van der Waals surface area contributed by atoms with Crippen LogP contribution in [-0.2, 0) is 31.0 Å². The Labute approximate surface area is 147 Å². The average molecular weight is 338 g/mol. The molecule has 6 heteroatoms. The normalized spacial score (nSPS) is 18.0. The van der Waals surface area contributed by atoms with E-state index in [1.807, 2.05) is 36.5 Å². The minimum atomic E-state index is 0.397. The summed E-state index contributed by atoms with van der Waals surface area (Å²) in [6, 6.07) is 9.85. The molecule has 1 aliphatic heterocycles. The molecule has 0 bridgehead atoms. The van der Waals surface area contributed by atoms with Gasteiger partial charge in [0.1, 0.15) is 11.6 Å². The fourth-order valence-corrected chi connectivity index (χ4v) is 3.29. The highest BCUT2D eigenvalue weighted by molar-refractivity contribution is 5.02. The quantitative estimate of drug-likeness (QED) is 0.692. The number of furan rings is 1. The highest BCUT2D eigenvalue weighted by Gasteiger charge is 2.23. The second kappa shape index (κ2) is 7.63. The Kier molecular flexibility index (Phi) is 4.90. The molecule has 0 amide bonds. The molecule has 4 heterocycles. The summed E-state index contributed by atoms with van der Waals surface area (Å²) in [6.07, 6.45) is 7.45. The van der Waals surface area contributed by atoms with E-state index in [1.54, 1.807) is 12.5 Å². The molecule has 0 aromatic carbocycles. The van der Waals surface area contributed by atoms with Gasteiger partial charge in [-0.1, -0.05) is 6.07 Å². The van der Waals surface area contributed by atoms with Crippen LogP contribution in [0.5, 0.6) is 0 Å². The third-order valence-electron chi connectivity index (χ3n) is 4.43. The topological polar surface area (TPSA) is 56.3 Å². The summed E-state index contributed by atoms with van der Waals surface area (Å²) in [5.41, 5.74) is 0.965. The lowest BCUT2D eigenvalue weighted by Crippen LogP contribution is -2.30. The maximum Gasteiger partial charge on any atom is 0.122 e. The summed E-state index contributed by atoms with van der Waals surface area (Å²) in [6.45, 7) is 4.73. The van der Waals surface area contributed by atoms with Gasteiger partial charge >= 0.3 is 0 Å². The fraction of sp³-hybridized carbons (Fsp3) is 0.368. The molecule has 0 aliphatic carbocycles. The van der Waals surface area contributed by atoms with Crippen LogP contribution in [0, 0.1) is 5.92 Å². The molecular formula is C19H22N4O2. The first-order valence-electron chi connectivity index (χ1n) is 8.59. The number of ether oxygens (including phenoxy) is 1. The summed E-state index contributed by atoms with van der Waals surface area (Å²) in [5, 5.41) is 0. The molecule has 1 aliphatic rings. The first-order valence-corrected chi connectivity index (χ1v) is 8.59. The first-order chi connectivity index (χ1) is 12.4. The standard InChI is InChI=1S/C19H22N4O2/c1-2-6-20-17(4-1)15-24-14-16-10-22(12-18-5-3-9-25-18)13-19-21-7-8-23(19)11-16/h1-9,16H,10-15H2. The van der Waals surface area contributed by atoms with Crippen molar-refractivity contribution in [2.24, 2.45) is 5.92 Å². The number of aromatic nitrogens is 3. The summed E-state index contributed by atoms with van der Waals surface area (Å²) in [5.74, 6) is 2.47. The van der Waals surface area contributed by atoms with Crippen LogP contribution in [0.15, 0.2) is 59.6 Å². The van der Waals surface area contributed by atoms with Crippen LogP contribution in [0.25, 0.3) is 0 Å². The molecule has 25 heavy (non-hydrogen) atoms. The fourth-order valence-electron chi connectivity index (χ4n) is 3.29. The van der Waals surface area contributed by atoms with Gasteiger partial charge in [-0.3, -0.25) is 9.88 Å². The summed E-state index contributed by atoms with van der Waals surface area (Å²) in [4.78, 5) is 11.2. The molecule has 0 N–H and O–H groups in total. The van der Waals surface area contributed by atoms with Gasteiger partial charge in [0.05, 0.1) is 38.3 Å². The molecule has 0 spiro atoms. The SMILES string of the molecule is c1ccc(COCC2CN(Cc3ccco3)Cc3nccn3C2)nc1. The molecular weight excluding hydrogens is 316 g/mol. The highest BCUT2D eigenvalue weighted by atomic mass is 16.5. The molecule has 1 atom stereocenters. The van der Waals surface area contributed by atoms with Gasteiger partial charge < -0.3 is 13.7 Å². The van der Waals surface area contributed by atoms with Crippen molar-refractivity contribution in [1.82, 2.24) is 19.4 Å². The molecule has 1 unspecified atom stereocenters. The van der Waals surface area contributed by atoms with Gasteiger partial charge in [-0.05, 0) is 24.3 Å². The molecule has 6 nitrogen and oxygen atoms in total. The van der Waals surface area contributed by atoms with E-state index in [9.17, 15) is 0 Å². The molecule has 0 saturated heterocycles. The molecule has 0 fully saturated rings. The van der Waals surface area contributed by atoms with Crippen molar-refractivity contribution in [3.05, 3.63) is 72.5 Å². The Balaban J connectivity index is 1.40. The van der Waals surface area contributed by atoms with Crippen LogP contribution in [0.3, 0.4) is 0 Å². The Morgan fingerprint density at radius 1 is 1.12 bits per heavy atom. The van der Waals surface area contributed by atoms with Crippen LogP contribution >= 0.6 is 0 Å². The van der Waals surface area contributed by atoms with Crippen molar-refractivity contribution in [1.29, 1.82) is 0 Å². The predicted octanol–water partition coefficient (Wildman–Crippen LogP) is 2.72. The van der Waals surface area contributed by atoms with E-state index in [1.165, 1.54) is 0 Å². The zero-order valence-electron chi connectivity index (χ0n) is 14.1. The second-order valence-corrected chi connectivity index (χ2v) is 6.45. The van der Waals surface area contributed by atoms with Gasteiger partial charge in [0, 0.05) is 37.6 Å². The van der Waals surface area contributed by atoms with E-state index >= 15 is 0 Å². The molecule has 3 aromatic heterocycles. The van der Waals surface area contributed by atoms with Gasteiger partial charge in [-0.15, -0.1) is 0 Å². The number of hydrogen-bond donors (Lipinski definition) is 0. The third-order valence-corrected chi connectivity index (χ3v) is 4.43. The Morgan fingerprint density at radius 2 is 2.12 bits per heavy atom. The summed E-state index contributed by atoms with van der Waals surface area (Å²) in [7, 11) is 0. The second-order valence-electron chi connectivity index (χ2n) is 6.45. The Bertz CT molecular complexity index is 770. The Hall–Kier alpha value is -2.44.